The summed E-state index contributed by atoms with van der Waals surface area (Å²) in [6.07, 6.45) is 0.514. The second kappa shape index (κ2) is 8.04. The number of aromatic nitrogens is 2. The second-order valence-corrected chi connectivity index (χ2v) is 7.89. The van der Waals surface area contributed by atoms with E-state index >= 15 is 0 Å². The first-order chi connectivity index (χ1) is 13.4. The van der Waals surface area contributed by atoms with Gasteiger partial charge in [-0.05, 0) is 30.2 Å². The number of nitrogens with one attached hydrogen (secondary N) is 1. The van der Waals surface area contributed by atoms with Crippen LogP contribution in [0.25, 0.3) is 5.69 Å². The van der Waals surface area contributed by atoms with Crippen molar-refractivity contribution in [2.75, 3.05) is 7.11 Å². The molecule has 1 N–H and O–H groups in total. The zero-order valence-electron chi connectivity index (χ0n) is 15.2. The van der Waals surface area contributed by atoms with Crippen LogP contribution in [-0.2, 0) is 16.4 Å². The number of nitrogens with zero attached hydrogens (tertiary/aromatic N) is 2. The number of benzene rings is 2. The maximum absolute atomic E-state index is 12.7. The standard InChI is InChI=1S/C19H18ClN3O4S/c1-3-13-8-4-7-11-17(13)28(25,26)22-19(24)15-12-18(27-2)23(21-15)16-10-6-5-9-14(16)20/h4-12H,3H2,1-2H3,(H,22,24). The average molecular weight is 420 g/mol. The number of sulfonamides is 1. The molecule has 1 aromatic heterocycles. The lowest BCUT2D eigenvalue weighted by Gasteiger charge is -2.09. The molecule has 0 unspecified atom stereocenters. The zero-order chi connectivity index (χ0) is 20.3. The molecule has 0 aliphatic heterocycles. The fourth-order valence-electron chi connectivity index (χ4n) is 2.70. The van der Waals surface area contributed by atoms with Crippen LogP contribution < -0.4 is 9.46 Å². The zero-order valence-corrected chi connectivity index (χ0v) is 16.8. The lowest BCUT2D eigenvalue weighted by atomic mass is 10.2. The molecular formula is C19H18ClN3O4S. The van der Waals surface area contributed by atoms with E-state index in [4.69, 9.17) is 16.3 Å². The molecule has 9 heteroatoms. The number of methoxy groups -OCH3 is 1. The van der Waals surface area contributed by atoms with Gasteiger partial charge in [-0.1, -0.05) is 48.9 Å². The Kier molecular flexibility index (Phi) is 5.71. The molecule has 2 aromatic carbocycles. The van der Waals surface area contributed by atoms with Gasteiger partial charge in [-0.2, -0.15) is 9.78 Å². The van der Waals surface area contributed by atoms with Crippen LogP contribution in [0.1, 0.15) is 23.0 Å². The van der Waals surface area contributed by atoms with Gasteiger partial charge < -0.3 is 4.74 Å². The number of hydrogen-bond donors (Lipinski definition) is 1. The summed E-state index contributed by atoms with van der Waals surface area (Å²) >= 11 is 6.18. The third-order valence-electron chi connectivity index (χ3n) is 4.07. The van der Waals surface area contributed by atoms with Gasteiger partial charge in [-0.25, -0.2) is 13.1 Å². The van der Waals surface area contributed by atoms with Gasteiger partial charge in [-0.3, -0.25) is 4.79 Å². The number of halogens is 1. The van der Waals surface area contributed by atoms with E-state index in [0.717, 1.165) is 0 Å². The molecule has 0 aliphatic rings. The van der Waals surface area contributed by atoms with Crippen molar-refractivity contribution < 1.29 is 17.9 Å². The minimum absolute atomic E-state index is 0.0587. The summed E-state index contributed by atoms with van der Waals surface area (Å²) in [6.45, 7) is 1.84. The predicted molar refractivity (Wildman–Crippen MR) is 106 cm³/mol. The van der Waals surface area contributed by atoms with Crippen molar-refractivity contribution in [3.8, 4) is 11.6 Å². The second-order valence-electron chi connectivity index (χ2n) is 5.83. The Balaban J connectivity index is 1.94. The molecule has 1 amide bonds. The van der Waals surface area contributed by atoms with Gasteiger partial charge in [0.25, 0.3) is 15.9 Å². The summed E-state index contributed by atoms with van der Waals surface area (Å²) in [4.78, 5) is 12.6. The van der Waals surface area contributed by atoms with Gasteiger partial charge >= 0.3 is 0 Å². The van der Waals surface area contributed by atoms with E-state index in [0.29, 0.717) is 22.7 Å². The molecule has 0 fully saturated rings. The Hall–Kier alpha value is -2.84. The van der Waals surface area contributed by atoms with Crippen LogP contribution >= 0.6 is 11.6 Å². The van der Waals surface area contributed by atoms with Crippen molar-refractivity contribution in [1.29, 1.82) is 0 Å². The Morgan fingerprint density at radius 2 is 1.86 bits per heavy atom. The average Bonchev–Trinajstić information content (AvgIpc) is 3.12. The molecule has 0 spiro atoms. The third-order valence-corrected chi connectivity index (χ3v) is 5.82. The monoisotopic (exact) mass is 419 g/mol. The highest BCUT2D eigenvalue weighted by molar-refractivity contribution is 7.90. The first-order valence-corrected chi connectivity index (χ1v) is 10.3. The van der Waals surface area contributed by atoms with E-state index in [2.05, 4.69) is 9.82 Å². The lowest BCUT2D eigenvalue weighted by molar-refractivity contribution is 0.0976. The van der Waals surface area contributed by atoms with Crippen LogP contribution in [0.15, 0.2) is 59.5 Å². The first kappa shape index (κ1) is 19.9. The van der Waals surface area contributed by atoms with Gasteiger partial charge in [0.05, 0.1) is 22.7 Å². The molecule has 7 nitrogen and oxygen atoms in total. The smallest absolute Gasteiger partial charge is 0.285 e. The molecule has 0 atom stereocenters. The Labute approximate surface area is 168 Å². The Morgan fingerprint density at radius 1 is 1.18 bits per heavy atom. The van der Waals surface area contributed by atoms with Crippen molar-refractivity contribution >= 4 is 27.5 Å². The van der Waals surface area contributed by atoms with E-state index in [1.54, 1.807) is 42.5 Å². The van der Waals surface area contributed by atoms with Crippen LogP contribution in [0.4, 0.5) is 0 Å². The van der Waals surface area contributed by atoms with Crippen molar-refractivity contribution in [3.05, 3.63) is 70.9 Å². The van der Waals surface area contributed by atoms with Crippen molar-refractivity contribution in [3.63, 3.8) is 0 Å². The maximum Gasteiger partial charge on any atom is 0.285 e. The summed E-state index contributed by atoms with van der Waals surface area (Å²) in [6, 6.07) is 14.7. The molecule has 28 heavy (non-hydrogen) atoms. The molecule has 0 bridgehead atoms. The number of para-hydroxylation sites is 1. The fourth-order valence-corrected chi connectivity index (χ4v) is 4.19. The quantitative estimate of drug-likeness (QED) is 0.662. The number of rotatable bonds is 6. The molecular weight excluding hydrogens is 402 g/mol. The first-order valence-electron chi connectivity index (χ1n) is 8.41. The number of carbonyl (C=O) groups excluding carboxylic acids is 1. The Morgan fingerprint density at radius 3 is 2.54 bits per heavy atom. The number of amides is 1. The molecule has 1 heterocycles. The molecule has 0 radical (unpaired) electrons. The Bertz CT molecular complexity index is 1130. The summed E-state index contributed by atoms with van der Waals surface area (Å²) in [7, 11) is -2.63. The predicted octanol–water partition coefficient (Wildman–Crippen LogP) is 3.22. The minimum atomic E-state index is -4.05. The van der Waals surface area contributed by atoms with Crippen LogP contribution in [-0.4, -0.2) is 31.2 Å². The van der Waals surface area contributed by atoms with Crippen LogP contribution in [0, 0.1) is 0 Å². The summed E-state index contributed by atoms with van der Waals surface area (Å²) in [5, 5.41) is 4.57. The molecule has 146 valence electrons. The summed E-state index contributed by atoms with van der Waals surface area (Å²) in [5.41, 5.74) is 0.996. The summed E-state index contributed by atoms with van der Waals surface area (Å²) in [5.74, 6) is -0.625. The van der Waals surface area contributed by atoms with Crippen LogP contribution in [0.2, 0.25) is 5.02 Å². The van der Waals surface area contributed by atoms with E-state index in [9.17, 15) is 13.2 Å². The van der Waals surface area contributed by atoms with Crippen molar-refractivity contribution in [1.82, 2.24) is 14.5 Å². The van der Waals surface area contributed by atoms with Gasteiger partial charge in [0.1, 0.15) is 0 Å². The minimum Gasteiger partial charge on any atom is -0.481 e. The highest BCUT2D eigenvalue weighted by Crippen LogP contribution is 2.25. The van der Waals surface area contributed by atoms with E-state index in [1.807, 2.05) is 6.92 Å². The molecule has 0 saturated heterocycles. The largest absolute Gasteiger partial charge is 0.481 e. The number of ether oxygens (including phenoxy) is 1. The number of hydrogen-bond acceptors (Lipinski definition) is 5. The third kappa shape index (κ3) is 3.88. The van der Waals surface area contributed by atoms with Crippen LogP contribution in [0.3, 0.4) is 0 Å². The maximum atomic E-state index is 12.7. The number of carbonyl (C=O) groups is 1. The molecule has 0 saturated carbocycles. The highest BCUT2D eigenvalue weighted by atomic mass is 35.5. The van der Waals surface area contributed by atoms with Gasteiger partial charge in [0.2, 0.25) is 5.88 Å². The van der Waals surface area contributed by atoms with E-state index in [-0.39, 0.29) is 16.5 Å². The van der Waals surface area contributed by atoms with Gasteiger partial charge in [0, 0.05) is 6.07 Å². The molecule has 3 rings (SSSR count). The fraction of sp³-hybridized carbons (Fsp3) is 0.158. The van der Waals surface area contributed by atoms with E-state index < -0.39 is 15.9 Å². The topological polar surface area (TPSA) is 90.3 Å². The van der Waals surface area contributed by atoms with Crippen molar-refractivity contribution in [2.45, 2.75) is 18.2 Å². The van der Waals surface area contributed by atoms with Crippen LogP contribution in [0.5, 0.6) is 5.88 Å². The molecule has 0 aliphatic carbocycles. The lowest BCUT2D eigenvalue weighted by Crippen LogP contribution is -2.31. The SMILES string of the molecule is CCc1ccccc1S(=O)(=O)NC(=O)c1cc(OC)n(-c2ccccc2Cl)n1. The summed E-state index contributed by atoms with van der Waals surface area (Å²) < 4.78 is 34.0. The van der Waals surface area contributed by atoms with Crippen molar-refractivity contribution in [2.24, 2.45) is 0 Å². The number of aryl methyl sites for hydroxylation is 1. The molecule has 3 aromatic rings. The van der Waals surface area contributed by atoms with Gasteiger partial charge in [-0.15, -0.1) is 0 Å². The normalized spacial score (nSPS) is 11.2. The van der Waals surface area contributed by atoms with Gasteiger partial charge in [0.15, 0.2) is 5.69 Å². The van der Waals surface area contributed by atoms with E-state index in [1.165, 1.54) is 23.9 Å². The highest BCUT2D eigenvalue weighted by Gasteiger charge is 2.24.